The van der Waals surface area contributed by atoms with Crippen molar-refractivity contribution in [2.24, 2.45) is 0 Å². The summed E-state index contributed by atoms with van der Waals surface area (Å²) in [6.07, 6.45) is 1.27. The maximum absolute atomic E-state index is 12.4. The number of hydrogen-bond donors (Lipinski definition) is 0. The summed E-state index contributed by atoms with van der Waals surface area (Å²) in [5, 5.41) is 14.9. The number of esters is 1. The number of carbonyl (C=O) groups is 1. The monoisotopic (exact) mass is 360 g/mol. The van der Waals surface area contributed by atoms with Gasteiger partial charge in [-0.1, -0.05) is 11.6 Å². The highest BCUT2D eigenvalue weighted by molar-refractivity contribution is 6.31. The Bertz CT molecular complexity index is 782. The van der Waals surface area contributed by atoms with E-state index in [0.29, 0.717) is 5.56 Å². The molecule has 0 saturated carbocycles. The van der Waals surface area contributed by atoms with Crippen LogP contribution in [0.4, 0.5) is 5.69 Å². The first-order chi connectivity index (χ1) is 10.7. The van der Waals surface area contributed by atoms with Gasteiger partial charge in [0, 0.05) is 11.4 Å². The van der Waals surface area contributed by atoms with Crippen LogP contribution in [0, 0.1) is 10.1 Å². The number of halogens is 2. The first kappa shape index (κ1) is 17.4. The summed E-state index contributed by atoms with van der Waals surface area (Å²) in [6.45, 7) is 5.11. The maximum Gasteiger partial charge on any atom is 0.357 e. The minimum atomic E-state index is -0.748. The third kappa shape index (κ3) is 3.53. The van der Waals surface area contributed by atoms with Gasteiger partial charge >= 0.3 is 11.7 Å². The van der Waals surface area contributed by atoms with Crippen molar-refractivity contribution >= 4 is 40.5 Å². The molecule has 0 aliphatic heterocycles. The molecule has 0 radical (unpaired) electrons. The molecule has 124 valence electrons. The van der Waals surface area contributed by atoms with Gasteiger partial charge in [0.1, 0.15) is 17.0 Å². The molecule has 0 aliphatic carbocycles. The molecular formula is C13H14Cl2N4O4. The predicted octanol–water partition coefficient (Wildman–Crippen LogP) is 3.03. The van der Waals surface area contributed by atoms with Crippen LogP contribution in [-0.4, -0.2) is 37.0 Å². The lowest BCUT2D eigenvalue weighted by Crippen LogP contribution is -2.26. The lowest BCUT2D eigenvalue weighted by atomic mass is 10.1. The van der Waals surface area contributed by atoms with E-state index < -0.39 is 16.5 Å². The van der Waals surface area contributed by atoms with Gasteiger partial charge < -0.3 is 4.74 Å². The number of carbonyl (C=O) groups excluding carboxylic acids is 1. The predicted molar refractivity (Wildman–Crippen MR) is 84.2 cm³/mol. The number of hydrogen-bond acceptors (Lipinski definition) is 6. The van der Waals surface area contributed by atoms with Crippen molar-refractivity contribution in [1.29, 1.82) is 0 Å². The zero-order valence-electron chi connectivity index (χ0n) is 12.7. The van der Waals surface area contributed by atoms with Crippen LogP contribution in [0.25, 0.3) is 5.65 Å². The van der Waals surface area contributed by atoms with Crippen molar-refractivity contribution in [1.82, 2.24) is 14.6 Å². The molecule has 0 atom stereocenters. The Morgan fingerprint density at radius 3 is 2.65 bits per heavy atom. The van der Waals surface area contributed by atoms with E-state index in [-0.39, 0.29) is 34.5 Å². The van der Waals surface area contributed by atoms with E-state index in [1.165, 1.54) is 0 Å². The highest BCUT2D eigenvalue weighted by Crippen LogP contribution is 2.27. The molecule has 0 fully saturated rings. The van der Waals surface area contributed by atoms with E-state index in [0.717, 1.165) is 10.7 Å². The average Bonchev–Trinajstić information content (AvgIpc) is 2.84. The first-order valence-corrected chi connectivity index (χ1v) is 7.56. The number of alkyl halides is 1. The van der Waals surface area contributed by atoms with Crippen molar-refractivity contribution < 1.29 is 14.5 Å². The minimum absolute atomic E-state index is 0.0459. The number of nitrogens with zero attached hydrogens (tertiary/aromatic N) is 4. The number of ether oxygens (including phenoxy) is 1. The molecule has 0 aliphatic rings. The highest BCUT2D eigenvalue weighted by Gasteiger charge is 2.28. The van der Waals surface area contributed by atoms with Crippen molar-refractivity contribution in [2.75, 3.05) is 5.88 Å². The molecule has 0 aromatic carbocycles. The summed E-state index contributed by atoms with van der Waals surface area (Å²) in [5.74, 6) is -0.538. The van der Waals surface area contributed by atoms with Crippen LogP contribution in [0.15, 0.2) is 6.20 Å². The quantitative estimate of drug-likeness (QED) is 0.273. The molecule has 23 heavy (non-hydrogen) atoms. The second-order valence-corrected chi connectivity index (χ2v) is 6.43. The summed E-state index contributed by atoms with van der Waals surface area (Å²) in [7, 11) is 0. The molecule has 2 heterocycles. The Morgan fingerprint density at radius 2 is 2.13 bits per heavy atom. The van der Waals surface area contributed by atoms with Gasteiger partial charge in [0.05, 0.1) is 4.92 Å². The number of rotatable bonds is 4. The maximum atomic E-state index is 12.4. The third-order valence-corrected chi connectivity index (χ3v) is 3.37. The van der Waals surface area contributed by atoms with Crippen LogP contribution in [0.5, 0.6) is 0 Å². The molecule has 2 aromatic heterocycles. The smallest absolute Gasteiger partial charge is 0.357 e. The number of nitro groups is 1. The molecule has 0 amide bonds. The van der Waals surface area contributed by atoms with E-state index in [2.05, 4.69) is 10.1 Å². The Morgan fingerprint density at radius 1 is 1.48 bits per heavy atom. The van der Waals surface area contributed by atoms with Gasteiger partial charge in [-0.3, -0.25) is 10.1 Å². The molecule has 0 N–H and O–H groups in total. The summed E-state index contributed by atoms with van der Waals surface area (Å²) >= 11 is 12.0. The Kier molecular flexibility index (Phi) is 4.76. The number of aromatic nitrogens is 3. The zero-order chi connectivity index (χ0) is 17.4. The fourth-order valence-electron chi connectivity index (χ4n) is 1.92. The normalized spacial score (nSPS) is 11.7. The van der Waals surface area contributed by atoms with E-state index in [1.54, 1.807) is 20.8 Å². The Labute approximate surface area is 141 Å². The lowest BCUT2D eigenvalue weighted by Gasteiger charge is -2.20. The molecular weight excluding hydrogens is 347 g/mol. The third-order valence-electron chi connectivity index (χ3n) is 2.80. The molecule has 0 bridgehead atoms. The average molecular weight is 361 g/mol. The van der Waals surface area contributed by atoms with Gasteiger partial charge in [0.2, 0.25) is 5.65 Å². The largest absolute Gasteiger partial charge is 0.455 e. The van der Waals surface area contributed by atoms with Crippen LogP contribution in [0.1, 0.15) is 36.8 Å². The van der Waals surface area contributed by atoms with Crippen molar-refractivity contribution in [3.05, 3.63) is 32.7 Å². The second-order valence-electron chi connectivity index (χ2n) is 5.69. The molecule has 8 nitrogen and oxygen atoms in total. The van der Waals surface area contributed by atoms with Crippen LogP contribution in [0.3, 0.4) is 0 Å². The Balaban J connectivity index is 2.69. The zero-order valence-corrected chi connectivity index (χ0v) is 14.2. The van der Waals surface area contributed by atoms with Gasteiger partial charge in [-0.05, 0) is 27.2 Å². The fraction of sp³-hybridized carbons (Fsp3) is 0.462. The van der Waals surface area contributed by atoms with Crippen LogP contribution in [-0.2, 0) is 11.2 Å². The van der Waals surface area contributed by atoms with E-state index in [9.17, 15) is 14.9 Å². The summed E-state index contributed by atoms with van der Waals surface area (Å²) in [5.41, 5.74) is -0.988. The topological polar surface area (TPSA) is 99.6 Å². The second kappa shape index (κ2) is 6.29. The highest BCUT2D eigenvalue weighted by atomic mass is 35.5. The molecule has 0 saturated heterocycles. The van der Waals surface area contributed by atoms with Gasteiger partial charge in [-0.15, -0.1) is 11.6 Å². The fourth-order valence-corrected chi connectivity index (χ4v) is 2.42. The Hall–Kier alpha value is -1.93. The van der Waals surface area contributed by atoms with Crippen LogP contribution in [0.2, 0.25) is 5.15 Å². The molecule has 0 spiro atoms. The SMILES string of the molecule is CC(C)(C)OC(=O)c1nc2c([N+](=O)[O-])cnn2c(Cl)c1CCCl. The number of fused-ring (bicyclic) bond motifs is 1. The van der Waals surface area contributed by atoms with E-state index >= 15 is 0 Å². The van der Waals surface area contributed by atoms with Gasteiger partial charge in [-0.2, -0.15) is 9.61 Å². The standard InChI is InChI=1S/C13H14Cl2N4O4/c1-13(2,3)23-12(20)9-7(4-5-14)10(15)18-11(17-9)8(6-16-18)19(21)22/h6H,4-5H2,1-3H3. The molecule has 2 aromatic rings. The van der Waals surface area contributed by atoms with Gasteiger partial charge in [-0.25, -0.2) is 9.78 Å². The molecule has 10 heteroatoms. The van der Waals surface area contributed by atoms with Crippen molar-refractivity contribution in [2.45, 2.75) is 32.8 Å². The van der Waals surface area contributed by atoms with Crippen molar-refractivity contribution in [3.8, 4) is 0 Å². The summed E-state index contributed by atoms with van der Waals surface area (Å²) in [4.78, 5) is 26.8. The van der Waals surface area contributed by atoms with E-state index in [4.69, 9.17) is 27.9 Å². The first-order valence-electron chi connectivity index (χ1n) is 6.65. The van der Waals surface area contributed by atoms with Gasteiger partial charge in [0.15, 0.2) is 5.69 Å². The summed E-state index contributed by atoms with van der Waals surface area (Å²) in [6, 6.07) is 0. The van der Waals surface area contributed by atoms with Crippen LogP contribution < -0.4 is 0 Å². The minimum Gasteiger partial charge on any atom is -0.455 e. The molecule has 2 rings (SSSR count). The summed E-state index contributed by atoms with van der Waals surface area (Å²) < 4.78 is 6.40. The van der Waals surface area contributed by atoms with Crippen LogP contribution >= 0.6 is 23.2 Å². The molecule has 0 unspecified atom stereocenters. The lowest BCUT2D eigenvalue weighted by molar-refractivity contribution is -0.383. The van der Waals surface area contributed by atoms with Crippen molar-refractivity contribution in [3.63, 3.8) is 0 Å². The van der Waals surface area contributed by atoms with E-state index in [1.807, 2.05) is 0 Å². The van der Waals surface area contributed by atoms with Gasteiger partial charge in [0.25, 0.3) is 0 Å².